The van der Waals surface area contributed by atoms with Crippen molar-refractivity contribution in [3.05, 3.63) is 88.1 Å². The molecule has 1 amide bonds. The Morgan fingerprint density at radius 2 is 1.85 bits per heavy atom. The monoisotopic (exact) mass is 522 g/mol. The van der Waals surface area contributed by atoms with Gasteiger partial charge in [0.05, 0.1) is 11.9 Å². The van der Waals surface area contributed by atoms with Crippen LogP contribution in [0.4, 0.5) is 5.69 Å². The molecule has 8 heteroatoms. The first-order valence-electron chi connectivity index (χ1n) is 13.5. The van der Waals surface area contributed by atoms with E-state index in [9.17, 15) is 9.59 Å². The van der Waals surface area contributed by atoms with E-state index in [1.54, 1.807) is 10.8 Å². The molecule has 0 radical (unpaired) electrons. The number of aromatic amines is 1. The molecule has 0 unspecified atom stereocenters. The third kappa shape index (κ3) is 5.70. The standard InChI is InChI=1S/C31H34N6O2/c1-3-11-36(12-4-2)30(38)26-16-25-6-5-23(17-28(25)35-29(32)18-26)22-7-8-27-24(15-22)10-14-37(31(27)39)13-9-21-19-33-34-20-21/h5-8,10,14-17,19-20H,3-4,9,11-13,18H2,1-2H3,(H2,32,35)(H,33,34). The normalized spacial score (nSPS) is 13.0. The number of nitrogens with two attached hydrogens (primary N) is 1. The number of hydrogen-bond donors (Lipinski definition) is 2. The zero-order valence-electron chi connectivity index (χ0n) is 22.5. The predicted octanol–water partition coefficient (Wildman–Crippen LogP) is 5.06. The number of benzene rings is 2. The Morgan fingerprint density at radius 1 is 1.08 bits per heavy atom. The zero-order valence-corrected chi connectivity index (χ0v) is 22.5. The Kier molecular flexibility index (Phi) is 7.72. The Bertz CT molecular complexity index is 1610. The van der Waals surface area contributed by atoms with Gasteiger partial charge >= 0.3 is 0 Å². The molecule has 2 aromatic carbocycles. The molecule has 1 aliphatic rings. The van der Waals surface area contributed by atoms with Gasteiger partial charge in [-0.1, -0.05) is 32.0 Å². The number of pyridine rings is 1. The van der Waals surface area contributed by atoms with Crippen molar-refractivity contribution >= 4 is 34.3 Å². The summed E-state index contributed by atoms with van der Waals surface area (Å²) in [4.78, 5) is 32.9. The number of aliphatic imine (C=N–C) groups is 1. The van der Waals surface area contributed by atoms with Crippen molar-refractivity contribution < 1.29 is 4.79 Å². The summed E-state index contributed by atoms with van der Waals surface area (Å²) in [5.74, 6) is 0.451. The van der Waals surface area contributed by atoms with Crippen molar-refractivity contribution in [2.75, 3.05) is 13.1 Å². The van der Waals surface area contributed by atoms with Crippen molar-refractivity contribution in [2.45, 2.75) is 46.1 Å². The summed E-state index contributed by atoms with van der Waals surface area (Å²) in [6.45, 7) is 6.20. The smallest absolute Gasteiger partial charge is 0.258 e. The summed E-state index contributed by atoms with van der Waals surface area (Å²) in [5.41, 5.74) is 11.6. The van der Waals surface area contributed by atoms with E-state index in [0.29, 0.717) is 29.8 Å². The van der Waals surface area contributed by atoms with Gasteiger partial charge in [-0.25, -0.2) is 4.99 Å². The third-order valence-electron chi connectivity index (χ3n) is 7.05. The van der Waals surface area contributed by atoms with Gasteiger partial charge in [-0.3, -0.25) is 14.7 Å². The predicted molar refractivity (Wildman–Crippen MR) is 157 cm³/mol. The number of H-pyrrole nitrogens is 1. The van der Waals surface area contributed by atoms with E-state index in [1.165, 1.54) is 0 Å². The van der Waals surface area contributed by atoms with Gasteiger partial charge in [0.15, 0.2) is 0 Å². The van der Waals surface area contributed by atoms with E-state index >= 15 is 0 Å². The van der Waals surface area contributed by atoms with Crippen LogP contribution in [0, 0.1) is 0 Å². The minimum Gasteiger partial charge on any atom is -0.387 e. The highest BCUT2D eigenvalue weighted by molar-refractivity contribution is 6.05. The van der Waals surface area contributed by atoms with Crippen LogP contribution in [0.25, 0.3) is 28.0 Å². The molecule has 0 aliphatic carbocycles. The van der Waals surface area contributed by atoms with E-state index in [1.807, 2.05) is 65.8 Å². The SMILES string of the molecule is CCCN(CCC)C(=O)C1=Cc2ccc(-c3ccc4c(=O)n(CCc5cn[nH]c5)ccc4c3)cc2N=C(N)C1. The molecule has 3 heterocycles. The molecular weight excluding hydrogens is 488 g/mol. The number of hydrogen-bond acceptors (Lipinski definition) is 5. The second-order valence-corrected chi connectivity index (χ2v) is 9.99. The van der Waals surface area contributed by atoms with Gasteiger partial charge in [0.25, 0.3) is 5.56 Å². The average molecular weight is 523 g/mol. The number of rotatable bonds is 9. The topological polar surface area (TPSA) is 109 Å². The lowest BCUT2D eigenvalue weighted by molar-refractivity contribution is -0.127. The van der Waals surface area contributed by atoms with Crippen LogP contribution < -0.4 is 11.3 Å². The highest BCUT2D eigenvalue weighted by atomic mass is 16.2. The second-order valence-electron chi connectivity index (χ2n) is 9.99. The van der Waals surface area contributed by atoms with Crippen molar-refractivity contribution in [1.29, 1.82) is 0 Å². The van der Waals surface area contributed by atoms with E-state index < -0.39 is 0 Å². The lowest BCUT2D eigenvalue weighted by Crippen LogP contribution is -2.34. The maximum absolute atomic E-state index is 13.3. The Labute approximate surface area is 227 Å². The molecule has 3 N–H and O–H groups in total. The molecule has 0 saturated heterocycles. The van der Waals surface area contributed by atoms with Crippen LogP contribution in [-0.2, 0) is 17.8 Å². The van der Waals surface area contributed by atoms with Crippen LogP contribution >= 0.6 is 0 Å². The van der Waals surface area contributed by atoms with Crippen LogP contribution in [-0.4, -0.2) is 44.5 Å². The van der Waals surface area contributed by atoms with Gasteiger partial charge in [-0.15, -0.1) is 0 Å². The van der Waals surface area contributed by atoms with Gasteiger partial charge in [-0.2, -0.15) is 5.10 Å². The summed E-state index contributed by atoms with van der Waals surface area (Å²) in [5, 5.41) is 8.34. The Hall–Kier alpha value is -4.46. The van der Waals surface area contributed by atoms with E-state index in [0.717, 1.165) is 65.7 Å². The van der Waals surface area contributed by atoms with Crippen LogP contribution in [0.3, 0.4) is 0 Å². The lowest BCUT2D eigenvalue weighted by atomic mass is 9.99. The molecule has 4 aromatic rings. The fourth-order valence-corrected chi connectivity index (χ4v) is 5.07. The van der Waals surface area contributed by atoms with E-state index in [2.05, 4.69) is 29.0 Å². The first-order valence-corrected chi connectivity index (χ1v) is 13.5. The number of aryl methyl sites for hydroxylation is 2. The molecule has 200 valence electrons. The van der Waals surface area contributed by atoms with Crippen LogP contribution in [0.1, 0.15) is 44.2 Å². The summed E-state index contributed by atoms with van der Waals surface area (Å²) in [7, 11) is 0. The quantitative estimate of drug-likeness (QED) is 0.320. The maximum Gasteiger partial charge on any atom is 0.258 e. The Morgan fingerprint density at radius 3 is 2.59 bits per heavy atom. The molecule has 0 atom stereocenters. The number of carbonyl (C=O) groups excluding carboxylic acids is 1. The minimum atomic E-state index is -0.00984. The number of carbonyl (C=O) groups is 1. The highest BCUT2D eigenvalue weighted by Crippen LogP contribution is 2.33. The molecule has 0 fully saturated rings. The van der Waals surface area contributed by atoms with Crippen LogP contribution in [0.5, 0.6) is 0 Å². The molecule has 39 heavy (non-hydrogen) atoms. The molecule has 0 bridgehead atoms. The minimum absolute atomic E-state index is 0.00984. The van der Waals surface area contributed by atoms with Crippen LogP contribution in [0.2, 0.25) is 0 Å². The number of amides is 1. The van der Waals surface area contributed by atoms with Gasteiger partial charge in [0.1, 0.15) is 5.84 Å². The summed E-state index contributed by atoms with van der Waals surface area (Å²) < 4.78 is 1.74. The number of nitrogens with one attached hydrogen (secondary N) is 1. The molecule has 2 aromatic heterocycles. The lowest BCUT2D eigenvalue weighted by Gasteiger charge is -2.22. The molecular formula is C31H34N6O2. The molecule has 8 nitrogen and oxygen atoms in total. The van der Waals surface area contributed by atoms with Crippen molar-refractivity contribution in [3.8, 4) is 11.1 Å². The van der Waals surface area contributed by atoms with Gasteiger partial charge in [0.2, 0.25) is 5.91 Å². The largest absolute Gasteiger partial charge is 0.387 e. The zero-order chi connectivity index (χ0) is 27.4. The van der Waals surface area contributed by atoms with Gasteiger partial charge in [-0.05, 0) is 71.7 Å². The maximum atomic E-state index is 13.3. The van der Waals surface area contributed by atoms with E-state index in [-0.39, 0.29) is 11.5 Å². The summed E-state index contributed by atoms with van der Waals surface area (Å²) >= 11 is 0. The Balaban J connectivity index is 1.43. The fraction of sp³-hybridized carbons (Fsp3) is 0.290. The van der Waals surface area contributed by atoms with Gasteiger partial charge < -0.3 is 15.2 Å². The molecule has 1 aliphatic heterocycles. The molecule has 5 rings (SSSR count). The number of nitrogens with zero attached hydrogens (tertiary/aromatic N) is 4. The highest BCUT2D eigenvalue weighted by Gasteiger charge is 2.21. The third-order valence-corrected chi connectivity index (χ3v) is 7.05. The first kappa shape index (κ1) is 26.2. The summed E-state index contributed by atoms with van der Waals surface area (Å²) in [6.07, 6.45) is 10.3. The summed E-state index contributed by atoms with van der Waals surface area (Å²) in [6, 6.07) is 13.9. The number of fused-ring (bicyclic) bond motifs is 2. The second kappa shape index (κ2) is 11.5. The average Bonchev–Trinajstić information content (AvgIpc) is 3.40. The van der Waals surface area contributed by atoms with Crippen molar-refractivity contribution in [1.82, 2.24) is 19.7 Å². The first-order chi connectivity index (χ1) is 19.0. The van der Waals surface area contributed by atoms with Crippen LogP contribution in [0.15, 0.2) is 76.4 Å². The number of aromatic nitrogens is 3. The van der Waals surface area contributed by atoms with Gasteiger partial charge in [0, 0.05) is 55.0 Å². The molecule has 0 saturated carbocycles. The van der Waals surface area contributed by atoms with Crippen molar-refractivity contribution in [3.63, 3.8) is 0 Å². The fourth-order valence-electron chi connectivity index (χ4n) is 5.07. The van der Waals surface area contributed by atoms with E-state index in [4.69, 9.17) is 5.73 Å². The van der Waals surface area contributed by atoms with Crippen molar-refractivity contribution in [2.24, 2.45) is 10.7 Å². The number of amidine groups is 1. The molecule has 0 spiro atoms.